The number of hydrogen-bond acceptors (Lipinski definition) is 5. The zero-order valence-corrected chi connectivity index (χ0v) is 26.5. The second-order valence-electron chi connectivity index (χ2n) is 10.3. The number of carbonyl (C=O) groups is 3. The molecule has 3 N–H and O–H groups in total. The molecule has 0 aliphatic rings. The van der Waals surface area contributed by atoms with Crippen LogP contribution in [0.4, 0.5) is 28.9 Å². The normalized spacial score (nSPS) is 11.7. The second-order valence-corrected chi connectivity index (χ2v) is 11.5. The number of ether oxygens (including phenoxy) is 1. The minimum atomic E-state index is -1.73. The summed E-state index contributed by atoms with van der Waals surface area (Å²) in [6.45, 7) is 0. The van der Waals surface area contributed by atoms with Crippen molar-refractivity contribution in [2.45, 2.75) is 10.1 Å². The molecule has 7 nitrogen and oxygen atoms in total. The van der Waals surface area contributed by atoms with Gasteiger partial charge >= 0.3 is 0 Å². The first kappa shape index (κ1) is 34.5. The summed E-state index contributed by atoms with van der Waals surface area (Å²) in [5.41, 5.74) is 0.368. The molecular formula is C37H27F4N3O4S. The SMILES string of the molecule is COc1ccccc1/C=C(\NC(=O)c1ccccc1)C(=O)Nc1ccc(SC(C(=O)Nc2c(F)c(F)cc(F)c2F)c2ccccc2)cc1. The van der Waals surface area contributed by atoms with E-state index in [9.17, 15) is 31.9 Å². The number of benzene rings is 5. The molecular weight excluding hydrogens is 658 g/mol. The maximum atomic E-state index is 14.3. The van der Waals surface area contributed by atoms with Gasteiger partial charge in [-0.25, -0.2) is 17.6 Å². The molecule has 12 heteroatoms. The van der Waals surface area contributed by atoms with E-state index in [1.165, 1.54) is 13.2 Å². The van der Waals surface area contributed by atoms with Crippen LogP contribution in [0.25, 0.3) is 6.08 Å². The van der Waals surface area contributed by atoms with E-state index in [0.717, 1.165) is 11.8 Å². The van der Waals surface area contributed by atoms with Crippen molar-refractivity contribution < 1.29 is 36.7 Å². The number of hydrogen-bond donors (Lipinski definition) is 3. The summed E-state index contributed by atoms with van der Waals surface area (Å²) in [5, 5.41) is 6.29. The molecule has 0 heterocycles. The van der Waals surface area contributed by atoms with Crippen molar-refractivity contribution in [2.24, 2.45) is 0 Å². The fraction of sp³-hybridized carbons (Fsp3) is 0.0541. The number of methoxy groups -OCH3 is 1. The fourth-order valence-corrected chi connectivity index (χ4v) is 5.63. The van der Waals surface area contributed by atoms with Crippen LogP contribution in [0.15, 0.2) is 126 Å². The van der Waals surface area contributed by atoms with Crippen molar-refractivity contribution in [1.29, 1.82) is 0 Å². The third kappa shape index (κ3) is 8.54. The molecule has 0 aliphatic heterocycles. The van der Waals surface area contributed by atoms with E-state index in [1.807, 2.05) is 5.32 Å². The Balaban J connectivity index is 1.37. The predicted octanol–water partition coefficient (Wildman–Crippen LogP) is 8.13. The third-order valence-electron chi connectivity index (χ3n) is 7.03. The van der Waals surface area contributed by atoms with Crippen molar-refractivity contribution in [2.75, 3.05) is 17.7 Å². The van der Waals surface area contributed by atoms with Crippen molar-refractivity contribution in [1.82, 2.24) is 5.32 Å². The van der Waals surface area contributed by atoms with E-state index in [1.54, 1.807) is 109 Å². The molecule has 5 rings (SSSR count). The molecule has 5 aromatic rings. The Kier molecular flexibility index (Phi) is 11.1. The van der Waals surface area contributed by atoms with Crippen LogP contribution in [0.3, 0.4) is 0 Å². The van der Waals surface area contributed by atoms with Crippen LogP contribution in [-0.4, -0.2) is 24.8 Å². The minimum Gasteiger partial charge on any atom is -0.496 e. The van der Waals surface area contributed by atoms with Crippen molar-refractivity contribution in [3.63, 3.8) is 0 Å². The van der Waals surface area contributed by atoms with Crippen LogP contribution < -0.4 is 20.7 Å². The van der Waals surface area contributed by atoms with E-state index in [4.69, 9.17) is 4.74 Å². The van der Waals surface area contributed by atoms with Crippen LogP contribution in [0.2, 0.25) is 0 Å². The summed E-state index contributed by atoms with van der Waals surface area (Å²) in [6.07, 6.45) is 1.48. The van der Waals surface area contributed by atoms with Crippen LogP contribution >= 0.6 is 11.8 Å². The Hall–Kier alpha value is -5.88. The van der Waals surface area contributed by atoms with Gasteiger partial charge in [-0.1, -0.05) is 66.7 Å². The number of nitrogens with one attached hydrogen (secondary N) is 3. The molecule has 0 aliphatic carbocycles. The minimum absolute atomic E-state index is 0.0541. The maximum Gasteiger partial charge on any atom is 0.272 e. The average Bonchev–Trinajstić information content (AvgIpc) is 3.12. The molecule has 0 saturated carbocycles. The lowest BCUT2D eigenvalue weighted by molar-refractivity contribution is -0.116. The molecule has 0 radical (unpaired) electrons. The summed E-state index contributed by atoms with van der Waals surface area (Å²) in [4.78, 5) is 40.3. The molecule has 49 heavy (non-hydrogen) atoms. The predicted molar refractivity (Wildman–Crippen MR) is 180 cm³/mol. The van der Waals surface area contributed by atoms with Crippen LogP contribution in [-0.2, 0) is 9.59 Å². The zero-order chi connectivity index (χ0) is 34.9. The van der Waals surface area contributed by atoms with Gasteiger partial charge in [0, 0.05) is 27.8 Å². The van der Waals surface area contributed by atoms with Gasteiger partial charge in [-0.05, 0) is 54.1 Å². The molecule has 1 unspecified atom stereocenters. The Bertz CT molecular complexity index is 1980. The topological polar surface area (TPSA) is 96.5 Å². The number of amides is 3. The van der Waals surface area contributed by atoms with Crippen LogP contribution in [0.5, 0.6) is 5.75 Å². The number of para-hydroxylation sites is 1. The molecule has 3 amide bonds. The van der Waals surface area contributed by atoms with Gasteiger partial charge in [-0.15, -0.1) is 11.8 Å². The molecule has 0 saturated heterocycles. The number of halogens is 4. The first-order valence-corrected chi connectivity index (χ1v) is 15.5. The highest BCUT2D eigenvalue weighted by Gasteiger charge is 2.27. The van der Waals surface area contributed by atoms with E-state index in [0.29, 0.717) is 33.0 Å². The van der Waals surface area contributed by atoms with E-state index < -0.39 is 51.9 Å². The molecule has 5 aromatic carbocycles. The lowest BCUT2D eigenvalue weighted by atomic mass is 10.1. The summed E-state index contributed by atoms with van der Waals surface area (Å²) in [5.74, 6) is -8.37. The number of rotatable bonds is 11. The maximum absolute atomic E-state index is 14.3. The quantitative estimate of drug-likeness (QED) is 0.0565. The summed E-state index contributed by atoms with van der Waals surface area (Å²) in [7, 11) is 1.48. The van der Waals surface area contributed by atoms with Gasteiger partial charge < -0.3 is 20.7 Å². The summed E-state index contributed by atoms with van der Waals surface area (Å²) >= 11 is 0.996. The smallest absolute Gasteiger partial charge is 0.272 e. The molecule has 0 fully saturated rings. The van der Waals surface area contributed by atoms with E-state index in [-0.39, 0.29) is 11.8 Å². The number of thioether (sulfide) groups is 1. The van der Waals surface area contributed by atoms with Crippen LogP contribution in [0, 0.1) is 23.3 Å². The van der Waals surface area contributed by atoms with Crippen LogP contribution in [0.1, 0.15) is 26.7 Å². The summed E-state index contributed by atoms with van der Waals surface area (Å²) in [6, 6.07) is 29.9. The van der Waals surface area contributed by atoms with Crippen molar-refractivity contribution in [3.8, 4) is 5.75 Å². The number of carbonyl (C=O) groups excluding carboxylic acids is 3. The van der Waals surface area contributed by atoms with Gasteiger partial charge in [-0.3, -0.25) is 14.4 Å². The highest BCUT2D eigenvalue weighted by Crippen LogP contribution is 2.37. The molecule has 0 aromatic heterocycles. The first-order chi connectivity index (χ1) is 23.6. The first-order valence-electron chi connectivity index (χ1n) is 14.6. The van der Waals surface area contributed by atoms with Gasteiger partial charge in [0.15, 0.2) is 23.3 Å². The molecule has 0 spiro atoms. The highest BCUT2D eigenvalue weighted by atomic mass is 32.2. The summed E-state index contributed by atoms with van der Waals surface area (Å²) < 4.78 is 61.7. The van der Waals surface area contributed by atoms with Gasteiger partial charge in [0.2, 0.25) is 5.91 Å². The zero-order valence-electron chi connectivity index (χ0n) is 25.7. The lowest BCUT2D eigenvalue weighted by Gasteiger charge is -2.18. The largest absolute Gasteiger partial charge is 0.496 e. The molecule has 0 bridgehead atoms. The van der Waals surface area contributed by atoms with E-state index in [2.05, 4.69) is 10.6 Å². The standard InChI is InChI=1S/C37H27F4N3O4S/c1-48-30-15-9-8-14-24(30)20-29(43-35(45)23-12-6-3-7-13-23)36(46)42-25-16-18-26(19-17-25)49-34(22-10-4-2-5-11-22)37(47)44-33-31(40)27(38)21-28(39)32(33)41/h2-21,34H,1H3,(H,42,46)(H,43,45)(H,44,47)/b29-20-. The Morgan fingerprint density at radius 3 is 1.96 bits per heavy atom. The van der Waals surface area contributed by atoms with E-state index >= 15 is 0 Å². The van der Waals surface area contributed by atoms with Crippen molar-refractivity contribution in [3.05, 3.63) is 161 Å². The Morgan fingerprint density at radius 2 is 1.33 bits per heavy atom. The highest BCUT2D eigenvalue weighted by molar-refractivity contribution is 8.00. The number of anilines is 2. The van der Waals surface area contributed by atoms with Gasteiger partial charge in [0.1, 0.15) is 22.4 Å². The lowest BCUT2D eigenvalue weighted by Crippen LogP contribution is -2.30. The monoisotopic (exact) mass is 685 g/mol. The Labute approximate surface area is 283 Å². The van der Waals surface area contributed by atoms with Crippen molar-refractivity contribution >= 4 is 46.9 Å². The van der Waals surface area contributed by atoms with Gasteiger partial charge in [-0.2, -0.15) is 0 Å². The van der Waals surface area contributed by atoms with Gasteiger partial charge in [0.25, 0.3) is 11.8 Å². The van der Waals surface area contributed by atoms with Gasteiger partial charge in [0.05, 0.1) is 7.11 Å². The molecule has 1 atom stereocenters. The molecule has 248 valence electrons. The fourth-order valence-electron chi connectivity index (χ4n) is 4.61. The Morgan fingerprint density at radius 1 is 0.735 bits per heavy atom. The second kappa shape index (κ2) is 15.8. The average molecular weight is 686 g/mol. The third-order valence-corrected chi connectivity index (χ3v) is 8.30.